The lowest BCUT2D eigenvalue weighted by Gasteiger charge is -2.28. The molecule has 1 atom stereocenters. The van der Waals surface area contributed by atoms with Crippen LogP contribution in [0.1, 0.15) is 10.4 Å². The van der Waals surface area contributed by atoms with E-state index >= 15 is 0 Å². The Morgan fingerprint density at radius 2 is 2.45 bits per heavy atom. The number of rotatable bonds is 3. The Hall–Kier alpha value is -1.92. The Labute approximate surface area is 117 Å². The molecule has 2 heterocycles. The summed E-state index contributed by atoms with van der Waals surface area (Å²) in [5.74, 6) is -0.00401. The number of H-pyrrole nitrogens is 1. The summed E-state index contributed by atoms with van der Waals surface area (Å²) in [6.07, 6.45) is 1.69. The van der Waals surface area contributed by atoms with Gasteiger partial charge in [0.1, 0.15) is 0 Å². The van der Waals surface area contributed by atoms with E-state index in [9.17, 15) is 4.79 Å². The first-order valence-electron chi connectivity index (χ1n) is 6.75. The van der Waals surface area contributed by atoms with Gasteiger partial charge in [-0.15, -0.1) is 0 Å². The summed E-state index contributed by atoms with van der Waals surface area (Å²) in [6.45, 7) is 2.96. The number of amides is 1. The number of morpholine rings is 1. The molecule has 2 N–H and O–H groups in total. The van der Waals surface area contributed by atoms with Crippen molar-refractivity contribution < 1.29 is 9.53 Å². The predicted octanol–water partition coefficient (Wildman–Crippen LogP) is 0.623. The third-order valence-corrected chi connectivity index (χ3v) is 3.50. The minimum atomic E-state index is -0.00401. The van der Waals surface area contributed by atoms with E-state index in [1.54, 1.807) is 18.3 Å². The molecule has 0 spiro atoms. The number of likely N-dealkylation sites (N-methyl/N-ethyl adjacent to an activating group) is 1. The lowest BCUT2D eigenvalue weighted by Crippen LogP contribution is -2.45. The Bertz CT molecular complexity index is 604. The summed E-state index contributed by atoms with van der Waals surface area (Å²) in [6, 6.07) is 5.49. The van der Waals surface area contributed by atoms with Crippen molar-refractivity contribution in [2.45, 2.75) is 6.10 Å². The summed E-state index contributed by atoms with van der Waals surface area (Å²) < 4.78 is 5.62. The molecule has 1 amide bonds. The van der Waals surface area contributed by atoms with Crippen molar-refractivity contribution in [3.8, 4) is 0 Å². The van der Waals surface area contributed by atoms with Gasteiger partial charge in [0.25, 0.3) is 5.91 Å². The van der Waals surface area contributed by atoms with Crippen LogP contribution in [-0.4, -0.2) is 60.2 Å². The van der Waals surface area contributed by atoms with Crippen LogP contribution in [0.3, 0.4) is 0 Å². The van der Waals surface area contributed by atoms with Crippen LogP contribution in [0.15, 0.2) is 24.5 Å². The number of fused-ring (bicyclic) bond motifs is 1. The average molecular weight is 274 g/mol. The Morgan fingerprint density at radius 3 is 3.25 bits per heavy atom. The standard InChI is InChI=1S/C14H18N4O2/c1-18(8-11-7-15-4-5-20-11)14(19)10-2-3-12-13(6-10)17-9-16-12/h2-3,6,9,11,15H,4-5,7-8H2,1H3,(H,16,17). The fourth-order valence-electron chi connectivity index (χ4n) is 2.41. The summed E-state index contributed by atoms with van der Waals surface area (Å²) in [5, 5.41) is 3.26. The molecule has 0 radical (unpaired) electrons. The Balaban J connectivity index is 1.70. The van der Waals surface area contributed by atoms with Gasteiger partial charge in [-0.05, 0) is 18.2 Å². The third-order valence-electron chi connectivity index (χ3n) is 3.50. The number of carbonyl (C=O) groups excluding carboxylic acids is 1. The van der Waals surface area contributed by atoms with Gasteiger partial charge < -0.3 is 19.9 Å². The first-order valence-corrected chi connectivity index (χ1v) is 6.75. The molecule has 1 aromatic heterocycles. The van der Waals surface area contributed by atoms with Crippen LogP contribution >= 0.6 is 0 Å². The van der Waals surface area contributed by atoms with Crippen molar-refractivity contribution in [1.29, 1.82) is 0 Å². The SMILES string of the molecule is CN(CC1CNCCO1)C(=O)c1ccc2nc[nH]c2c1. The van der Waals surface area contributed by atoms with E-state index in [4.69, 9.17) is 4.74 Å². The van der Waals surface area contributed by atoms with Gasteiger partial charge in [-0.2, -0.15) is 0 Å². The highest BCUT2D eigenvalue weighted by Crippen LogP contribution is 2.13. The minimum Gasteiger partial charge on any atom is -0.374 e. The molecule has 1 aliphatic heterocycles. The number of ether oxygens (including phenoxy) is 1. The van der Waals surface area contributed by atoms with Crippen molar-refractivity contribution >= 4 is 16.9 Å². The van der Waals surface area contributed by atoms with E-state index in [2.05, 4.69) is 15.3 Å². The molecular weight excluding hydrogens is 256 g/mol. The quantitative estimate of drug-likeness (QED) is 0.861. The zero-order chi connectivity index (χ0) is 13.9. The number of imidazole rings is 1. The first-order chi connectivity index (χ1) is 9.74. The van der Waals surface area contributed by atoms with Gasteiger partial charge in [0.05, 0.1) is 30.1 Å². The monoisotopic (exact) mass is 274 g/mol. The zero-order valence-electron chi connectivity index (χ0n) is 11.4. The number of nitrogens with zero attached hydrogens (tertiary/aromatic N) is 2. The molecule has 1 aliphatic rings. The van der Waals surface area contributed by atoms with Crippen LogP contribution < -0.4 is 5.32 Å². The molecule has 0 saturated carbocycles. The summed E-state index contributed by atoms with van der Waals surface area (Å²) in [4.78, 5) is 21.3. The fraction of sp³-hybridized carbons (Fsp3) is 0.429. The first kappa shape index (κ1) is 13.1. The van der Waals surface area contributed by atoms with Crippen LogP contribution in [0.5, 0.6) is 0 Å². The third kappa shape index (κ3) is 2.66. The molecule has 2 aromatic rings. The normalized spacial score (nSPS) is 19.1. The van der Waals surface area contributed by atoms with E-state index in [-0.39, 0.29) is 12.0 Å². The second-order valence-electron chi connectivity index (χ2n) is 5.02. The van der Waals surface area contributed by atoms with Crippen LogP contribution in [0.4, 0.5) is 0 Å². The number of aromatic nitrogens is 2. The molecule has 3 rings (SSSR count). The van der Waals surface area contributed by atoms with E-state index in [1.165, 1.54) is 0 Å². The maximum absolute atomic E-state index is 12.4. The average Bonchev–Trinajstić information content (AvgIpc) is 2.94. The second-order valence-corrected chi connectivity index (χ2v) is 5.02. The number of hydrogen-bond acceptors (Lipinski definition) is 4. The molecule has 106 valence electrons. The maximum Gasteiger partial charge on any atom is 0.253 e. The lowest BCUT2D eigenvalue weighted by atomic mass is 10.1. The molecule has 20 heavy (non-hydrogen) atoms. The molecule has 1 fully saturated rings. The van der Waals surface area contributed by atoms with Crippen molar-refractivity contribution in [2.75, 3.05) is 33.3 Å². The van der Waals surface area contributed by atoms with E-state index < -0.39 is 0 Å². The molecule has 6 heteroatoms. The topological polar surface area (TPSA) is 70.2 Å². The number of aromatic amines is 1. The van der Waals surface area contributed by atoms with E-state index in [0.29, 0.717) is 18.7 Å². The minimum absolute atomic E-state index is 0.00401. The highest BCUT2D eigenvalue weighted by Gasteiger charge is 2.19. The van der Waals surface area contributed by atoms with Crippen LogP contribution in [0.25, 0.3) is 11.0 Å². The lowest BCUT2D eigenvalue weighted by molar-refractivity contribution is 0.0104. The van der Waals surface area contributed by atoms with E-state index in [1.807, 2.05) is 18.2 Å². The smallest absolute Gasteiger partial charge is 0.253 e. The number of nitrogens with one attached hydrogen (secondary N) is 2. The van der Waals surface area contributed by atoms with Gasteiger partial charge in [-0.1, -0.05) is 0 Å². The van der Waals surface area contributed by atoms with Crippen LogP contribution in [0.2, 0.25) is 0 Å². The second kappa shape index (κ2) is 5.60. The molecule has 1 saturated heterocycles. The molecule has 6 nitrogen and oxygen atoms in total. The van der Waals surface area contributed by atoms with Crippen molar-refractivity contribution in [3.63, 3.8) is 0 Å². The molecule has 0 bridgehead atoms. The summed E-state index contributed by atoms with van der Waals surface area (Å²) >= 11 is 0. The molecule has 0 aliphatic carbocycles. The van der Waals surface area contributed by atoms with Crippen molar-refractivity contribution in [1.82, 2.24) is 20.2 Å². The van der Waals surface area contributed by atoms with Gasteiger partial charge in [-0.25, -0.2) is 4.98 Å². The fourth-order valence-corrected chi connectivity index (χ4v) is 2.41. The Kier molecular flexibility index (Phi) is 3.66. The molecule has 1 unspecified atom stereocenters. The van der Waals surface area contributed by atoms with Gasteiger partial charge in [-0.3, -0.25) is 4.79 Å². The van der Waals surface area contributed by atoms with Crippen molar-refractivity contribution in [3.05, 3.63) is 30.1 Å². The highest BCUT2D eigenvalue weighted by molar-refractivity contribution is 5.97. The Morgan fingerprint density at radius 1 is 1.55 bits per heavy atom. The van der Waals surface area contributed by atoms with E-state index in [0.717, 1.165) is 24.1 Å². The molecular formula is C14H18N4O2. The van der Waals surface area contributed by atoms with Crippen LogP contribution in [-0.2, 0) is 4.74 Å². The highest BCUT2D eigenvalue weighted by atomic mass is 16.5. The van der Waals surface area contributed by atoms with Crippen molar-refractivity contribution in [2.24, 2.45) is 0 Å². The zero-order valence-corrected chi connectivity index (χ0v) is 11.4. The largest absolute Gasteiger partial charge is 0.374 e. The number of hydrogen-bond donors (Lipinski definition) is 2. The van der Waals surface area contributed by atoms with Gasteiger partial charge in [0.15, 0.2) is 0 Å². The van der Waals surface area contributed by atoms with Gasteiger partial charge >= 0.3 is 0 Å². The predicted molar refractivity (Wildman–Crippen MR) is 75.7 cm³/mol. The maximum atomic E-state index is 12.4. The summed E-state index contributed by atoms with van der Waals surface area (Å²) in [7, 11) is 1.80. The van der Waals surface area contributed by atoms with Crippen LogP contribution in [0, 0.1) is 0 Å². The number of carbonyl (C=O) groups is 1. The number of benzene rings is 1. The van der Waals surface area contributed by atoms with Gasteiger partial charge in [0.2, 0.25) is 0 Å². The molecule has 1 aromatic carbocycles. The van der Waals surface area contributed by atoms with Gasteiger partial charge in [0, 0.05) is 32.2 Å². The summed E-state index contributed by atoms with van der Waals surface area (Å²) in [5.41, 5.74) is 2.40.